The highest BCUT2D eigenvalue weighted by atomic mass is 15.2. The van der Waals surface area contributed by atoms with E-state index in [9.17, 15) is 0 Å². The molecular formula is C15H27N3. The predicted octanol–water partition coefficient (Wildman–Crippen LogP) is 3.06. The summed E-state index contributed by atoms with van der Waals surface area (Å²) in [5, 5.41) is 3.39. The number of hydrogen-bond donors (Lipinski definition) is 1. The molecular weight excluding hydrogens is 222 g/mol. The molecule has 0 aliphatic rings. The van der Waals surface area contributed by atoms with Gasteiger partial charge in [-0.2, -0.15) is 0 Å². The fourth-order valence-corrected chi connectivity index (χ4v) is 2.08. The molecule has 0 spiro atoms. The number of hydrogen-bond acceptors (Lipinski definition) is 3. The summed E-state index contributed by atoms with van der Waals surface area (Å²) in [6.45, 7) is 14.1. The molecule has 0 radical (unpaired) electrons. The van der Waals surface area contributed by atoms with Gasteiger partial charge in [0.25, 0.3) is 0 Å². The highest BCUT2D eigenvalue weighted by Crippen LogP contribution is 2.22. The Bertz CT molecular complexity index is 347. The van der Waals surface area contributed by atoms with E-state index in [4.69, 9.17) is 0 Å². The predicted molar refractivity (Wildman–Crippen MR) is 78.9 cm³/mol. The highest BCUT2D eigenvalue weighted by Gasteiger charge is 2.15. The Balaban J connectivity index is 2.95. The first-order valence-corrected chi connectivity index (χ1v) is 6.96. The van der Waals surface area contributed by atoms with Crippen LogP contribution in [0.4, 0.5) is 5.69 Å². The Morgan fingerprint density at radius 1 is 1.28 bits per heavy atom. The summed E-state index contributed by atoms with van der Waals surface area (Å²) in [4.78, 5) is 6.72. The molecule has 1 aromatic heterocycles. The third-order valence-electron chi connectivity index (χ3n) is 2.94. The van der Waals surface area contributed by atoms with Gasteiger partial charge in [0.05, 0.1) is 0 Å². The van der Waals surface area contributed by atoms with E-state index in [0.717, 1.165) is 19.6 Å². The van der Waals surface area contributed by atoms with Crippen LogP contribution in [-0.4, -0.2) is 24.1 Å². The maximum atomic E-state index is 4.25. The van der Waals surface area contributed by atoms with E-state index in [-0.39, 0.29) is 0 Å². The first kappa shape index (κ1) is 15.0. The molecule has 1 rings (SSSR count). The van der Waals surface area contributed by atoms with Crippen LogP contribution in [0.5, 0.6) is 0 Å². The average Bonchev–Trinajstić information content (AvgIpc) is 2.33. The zero-order chi connectivity index (χ0) is 13.5. The van der Waals surface area contributed by atoms with Gasteiger partial charge in [-0.25, -0.2) is 0 Å². The van der Waals surface area contributed by atoms with Crippen LogP contribution in [0.3, 0.4) is 0 Å². The van der Waals surface area contributed by atoms with Crippen molar-refractivity contribution in [3.8, 4) is 0 Å². The molecule has 0 aliphatic heterocycles. The molecule has 0 aromatic carbocycles. The van der Waals surface area contributed by atoms with Crippen LogP contribution in [0.2, 0.25) is 0 Å². The molecule has 0 saturated heterocycles. The van der Waals surface area contributed by atoms with Gasteiger partial charge in [0.1, 0.15) is 0 Å². The van der Waals surface area contributed by atoms with E-state index in [1.807, 2.05) is 12.4 Å². The molecule has 1 aromatic rings. The molecule has 102 valence electrons. The van der Waals surface area contributed by atoms with Crippen molar-refractivity contribution >= 4 is 5.69 Å². The first-order valence-electron chi connectivity index (χ1n) is 6.96. The second-order valence-corrected chi connectivity index (χ2v) is 5.42. The van der Waals surface area contributed by atoms with Crippen molar-refractivity contribution in [2.45, 2.75) is 47.2 Å². The molecule has 0 fully saturated rings. The second-order valence-electron chi connectivity index (χ2n) is 5.42. The number of rotatable bonds is 7. The van der Waals surface area contributed by atoms with Gasteiger partial charge in [-0.05, 0) is 32.4 Å². The van der Waals surface area contributed by atoms with Crippen LogP contribution >= 0.6 is 0 Å². The molecule has 1 N–H and O–H groups in total. The van der Waals surface area contributed by atoms with Crippen molar-refractivity contribution in [2.75, 3.05) is 18.0 Å². The maximum Gasteiger partial charge on any atom is 0.0445 e. The molecule has 0 aliphatic carbocycles. The first-order chi connectivity index (χ1) is 8.56. The molecule has 0 atom stereocenters. The standard InChI is InChI=1S/C15H27N3/c1-6-16-9-14-10-17-8-7-15(14)18(13(4)5)11-12(2)3/h7-8,10,12-13,16H,6,9,11H2,1-5H3. The maximum absolute atomic E-state index is 4.25. The summed E-state index contributed by atoms with van der Waals surface area (Å²) in [6.07, 6.45) is 3.87. The lowest BCUT2D eigenvalue weighted by Crippen LogP contribution is -2.35. The Morgan fingerprint density at radius 2 is 2.00 bits per heavy atom. The lowest BCUT2D eigenvalue weighted by molar-refractivity contribution is 0.567. The minimum Gasteiger partial charge on any atom is -0.368 e. The van der Waals surface area contributed by atoms with Gasteiger partial charge in [-0.1, -0.05) is 20.8 Å². The average molecular weight is 249 g/mol. The molecule has 3 heteroatoms. The minimum atomic E-state index is 0.509. The summed E-state index contributed by atoms with van der Waals surface area (Å²) in [5.41, 5.74) is 2.60. The third-order valence-corrected chi connectivity index (χ3v) is 2.94. The molecule has 3 nitrogen and oxygen atoms in total. The smallest absolute Gasteiger partial charge is 0.0445 e. The van der Waals surface area contributed by atoms with Crippen LogP contribution in [0, 0.1) is 5.92 Å². The lowest BCUT2D eigenvalue weighted by Gasteiger charge is -2.32. The van der Waals surface area contributed by atoms with Gasteiger partial charge in [0, 0.05) is 42.8 Å². The van der Waals surface area contributed by atoms with Crippen LogP contribution in [0.1, 0.15) is 40.2 Å². The number of pyridine rings is 1. The van der Waals surface area contributed by atoms with Crippen molar-refractivity contribution < 1.29 is 0 Å². The largest absolute Gasteiger partial charge is 0.368 e. The summed E-state index contributed by atoms with van der Waals surface area (Å²) in [7, 11) is 0. The van der Waals surface area contributed by atoms with Gasteiger partial charge >= 0.3 is 0 Å². The van der Waals surface area contributed by atoms with Crippen LogP contribution in [0.15, 0.2) is 18.5 Å². The Morgan fingerprint density at radius 3 is 2.56 bits per heavy atom. The Labute approximate surface area is 112 Å². The number of anilines is 1. The number of nitrogens with one attached hydrogen (secondary N) is 1. The van der Waals surface area contributed by atoms with Gasteiger partial charge < -0.3 is 10.2 Å². The van der Waals surface area contributed by atoms with E-state index in [2.05, 4.69) is 55.9 Å². The molecule has 1 heterocycles. The molecule has 18 heavy (non-hydrogen) atoms. The second kappa shape index (κ2) is 7.37. The van der Waals surface area contributed by atoms with Gasteiger partial charge in [0.15, 0.2) is 0 Å². The zero-order valence-corrected chi connectivity index (χ0v) is 12.4. The van der Waals surface area contributed by atoms with Crippen molar-refractivity contribution in [3.63, 3.8) is 0 Å². The van der Waals surface area contributed by atoms with Gasteiger partial charge in [-0.3, -0.25) is 4.98 Å². The number of aromatic nitrogens is 1. The Kier molecular flexibility index (Phi) is 6.13. The van der Waals surface area contributed by atoms with Crippen LogP contribution < -0.4 is 10.2 Å². The van der Waals surface area contributed by atoms with Crippen LogP contribution in [-0.2, 0) is 6.54 Å². The fraction of sp³-hybridized carbons (Fsp3) is 0.667. The van der Waals surface area contributed by atoms with Gasteiger partial charge in [-0.15, -0.1) is 0 Å². The summed E-state index contributed by atoms with van der Waals surface area (Å²) >= 11 is 0. The quantitative estimate of drug-likeness (QED) is 0.805. The highest BCUT2D eigenvalue weighted by molar-refractivity contribution is 5.53. The monoisotopic (exact) mass is 249 g/mol. The van der Waals surface area contributed by atoms with Crippen LogP contribution in [0.25, 0.3) is 0 Å². The third kappa shape index (κ3) is 4.30. The van der Waals surface area contributed by atoms with E-state index >= 15 is 0 Å². The molecule has 0 bridgehead atoms. The van der Waals surface area contributed by atoms with Crippen molar-refractivity contribution in [1.29, 1.82) is 0 Å². The van der Waals surface area contributed by atoms with Crippen molar-refractivity contribution in [1.82, 2.24) is 10.3 Å². The zero-order valence-electron chi connectivity index (χ0n) is 12.4. The summed E-state index contributed by atoms with van der Waals surface area (Å²) in [5.74, 6) is 0.660. The molecule has 0 unspecified atom stereocenters. The normalized spacial score (nSPS) is 11.3. The van der Waals surface area contributed by atoms with Crippen molar-refractivity contribution in [3.05, 3.63) is 24.0 Å². The number of nitrogens with zero attached hydrogens (tertiary/aromatic N) is 2. The SMILES string of the molecule is CCNCc1cnccc1N(CC(C)C)C(C)C. The van der Waals surface area contributed by atoms with E-state index in [1.165, 1.54) is 11.3 Å². The van der Waals surface area contributed by atoms with Gasteiger partial charge in [0.2, 0.25) is 0 Å². The lowest BCUT2D eigenvalue weighted by atomic mass is 10.1. The topological polar surface area (TPSA) is 28.2 Å². The van der Waals surface area contributed by atoms with E-state index in [1.54, 1.807) is 0 Å². The molecule has 0 amide bonds. The summed E-state index contributed by atoms with van der Waals surface area (Å²) in [6, 6.07) is 2.64. The van der Waals surface area contributed by atoms with E-state index in [0.29, 0.717) is 12.0 Å². The minimum absolute atomic E-state index is 0.509. The summed E-state index contributed by atoms with van der Waals surface area (Å²) < 4.78 is 0. The van der Waals surface area contributed by atoms with Crippen molar-refractivity contribution in [2.24, 2.45) is 5.92 Å². The van der Waals surface area contributed by atoms with E-state index < -0.39 is 0 Å². The molecule has 0 saturated carbocycles. The Hall–Kier alpha value is -1.09. The fourth-order valence-electron chi connectivity index (χ4n) is 2.08.